The van der Waals surface area contributed by atoms with Crippen LogP contribution in [0.1, 0.15) is 38.8 Å². The lowest BCUT2D eigenvalue weighted by Crippen LogP contribution is -2.42. The molecule has 2 N–H and O–H groups in total. The third kappa shape index (κ3) is 2.78. The molecule has 0 aromatic carbocycles. The van der Waals surface area contributed by atoms with Gasteiger partial charge in [0.2, 0.25) is 0 Å². The van der Waals surface area contributed by atoms with Gasteiger partial charge in [-0.05, 0) is 37.8 Å². The van der Waals surface area contributed by atoms with Gasteiger partial charge in [-0.1, -0.05) is 19.4 Å². The number of anilines is 1. The topological polar surface area (TPSA) is 42.1 Å². The van der Waals surface area contributed by atoms with Crippen LogP contribution < -0.4 is 10.6 Å². The summed E-state index contributed by atoms with van der Waals surface area (Å²) in [5.74, 6) is 1.91. The molecule has 3 nitrogen and oxygen atoms in total. The molecule has 1 aromatic rings. The first-order valence-corrected chi connectivity index (χ1v) is 6.67. The largest absolute Gasteiger partial charge is 0.354 e. The molecule has 1 saturated heterocycles. The van der Waals surface area contributed by atoms with E-state index in [1.54, 1.807) is 0 Å². The maximum atomic E-state index is 5.66. The van der Waals surface area contributed by atoms with Crippen LogP contribution in [0.3, 0.4) is 0 Å². The third-order valence-electron chi connectivity index (χ3n) is 3.85. The zero-order valence-electron chi connectivity index (χ0n) is 10.9. The van der Waals surface area contributed by atoms with Crippen molar-refractivity contribution in [1.82, 2.24) is 4.98 Å². The molecule has 1 aliphatic rings. The minimum Gasteiger partial charge on any atom is -0.354 e. The molecule has 0 bridgehead atoms. The van der Waals surface area contributed by atoms with Gasteiger partial charge in [-0.2, -0.15) is 0 Å². The quantitative estimate of drug-likeness (QED) is 0.872. The van der Waals surface area contributed by atoms with Crippen molar-refractivity contribution in [3.05, 3.63) is 23.9 Å². The highest BCUT2D eigenvalue weighted by atomic mass is 15.2. The average molecular weight is 233 g/mol. The van der Waals surface area contributed by atoms with Gasteiger partial charge in [-0.25, -0.2) is 4.98 Å². The Bertz CT molecular complexity index is 364. The first kappa shape index (κ1) is 12.4. The van der Waals surface area contributed by atoms with E-state index < -0.39 is 0 Å². The number of pyridine rings is 1. The summed E-state index contributed by atoms with van der Waals surface area (Å²) >= 11 is 0. The zero-order chi connectivity index (χ0) is 12.3. The van der Waals surface area contributed by atoms with Crippen LogP contribution in [0.4, 0.5) is 5.82 Å². The van der Waals surface area contributed by atoms with E-state index in [-0.39, 0.29) is 0 Å². The van der Waals surface area contributed by atoms with Crippen molar-refractivity contribution in [1.29, 1.82) is 0 Å². The summed E-state index contributed by atoms with van der Waals surface area (Å²) in [7, 11) is 0. The summed E-state index contributed by atoms with van der Waals surface area (Å²) in [6.45, 7) is 6.23. The van der Waals surface area contributed by atoms with Crippen molar-refractivity contribution in [2.24, 2.45) is 11.7 Å². The first-order chi connectivity index (χ1) is 8.24. The van der Waals surface area contributed by atoms with Crippen molar-refractivity contribution in [2.75, 3.05) is 11.4 Å². The van der Waals surface area contributed by atoms with Gasteiger partial charge in [-0.15, -0.1) is 0 Å². The van der Waals surface area contributed by atoms with Gasteiger partial charge in [-0.3, -0.25) is 0 Å². The van der Waals surface area contributed by atoms with Crippen molar-refractivity contribution in [3.8, 4) is 0 Å². The number of piperidine rings is 1. The van der Waals surface area contributed by atoms with Crippen LogP contribution in [0.15, 0.2) is 18.2 Å². The van der Waals surface area contributed by atoms with Crippen molar-refractivity contribution in [2.45, 2.75) is 45.7 Å². The van der Waals surface area contributed by atoms with E-state index >= 15 is 0 Å². The molecule has 17 heavy (non-hydrogen) atoms. The highest BCUT2D eigenvalue weighted by Gasteiger charge is 2.25. The number of aromatic nitrogens is 1. The summed E-state index contributed by atoms with van der Waals surface area (Å²) in [5, 5.41) is 0. The fourth-order valence-corrected chi connectivity index (χ4v) is 2.58. The predicted molar refractivity (Wildman–Crippen MR) is 72.0 cm³/mol. The molecular weight excluding hydrogens is 210 g/mol. The Labute approximate surface area is 104 Å². The minimum absolute atomic E-state index is 0.521. The molecule has 0 spiro atoms. The lowest BCUT2D eigenvalue weighted by atomic mass is 9.91. The van der Waals surface area contributed by atoms with E-state index in [1.807, 2.05) is 6.07 Å². The number of hydrogen-bond donors (Lipinski definition) is 1. The van der Waals surface area contributed by atoms with Gasteiger partial charge in [0.05, 0.1) is 5.69 Å². The Balaban J connectivity index is 2.18. The molecule has 2 atom stereocenters. The monoisotopic (exact) mass is 233 g/mol. The number of nitrogens with zero attached hydrogens (tertiary/aromatic N) is 2. The molecule has 1 aromatic heterocycles. The van der Waals surface area contributed by atoms with E-state index in [9.17, 15) is 0 Å². The van der Waals surface area contributed by atoms with Gasteiger partial charge in [0.1, 0.15) is 5.82 Å². The fraction of sp³-hybridized carbons (Fsp3) is 0.643. The molecule has 2 heterocycles. The second-order valence-electron chi connectivity index (χ2n) is 5.04. The van der Waals surface area contributed by atoms with Crippen LogP contribution in [0.5, 0.6) is 0 Å². The molecule has 94 valence electrons. The lowest BCUT2D eigenvalue weighted by Gasteiger charge is -2.38. The smallest absolute Gasteiger partial charge is 0.129 e. The number of nitrogens with two attached hydrogens (primary N) is 1. The van der Waals surface area contributed by atoms with Crippen LogP contribution in [0, 0.1) is 5.92 Å². The molecule has 0 amide bonds. The van der Waals surface area contributed by atoms with Crippen LogP contribution in [-0.2, 0) is 6.54 Å². The molecule has 0 saturated carbocycles. The first-order valence-electron chi connectivity index (χ1n) is 6.67. The van der Waals surface area contributed by atoms with E-state index in [0.717, 1.165) is 24.0 Å². The zero-order valence-corrected chi connectivity index (χ0v) is 10.9. The molecule has 1 aliphatic heterocycles. The second kappa shape index (κ2) is 5.50. The Kier molecular flexibility index (Phi) is 4.00. The second-order valence-corrected chi connectivity index (χ2v) is 5.04. The highest BCUT2D eigenvalue weighted by Crippen LogP contribution is 2.27. The summed E-state index contributed by atoms with van der Waals surface area (Å²) in [5.41, 5.74) is 6.64. The molecule has 2 unspecified atom stereocenters. The van der Waals surface area contributed by atoms with Crippen LogP contribution in [0.25, 0.3) is 0 Å². The SMILES string of the molecule is CCC1CCC(C)N(c2cccc(CN)n2)C1. The molecule has 0 aliphatic carbocycles. The minimum atomic E-state index is 0.521. The lowest BCUT2D eigenvalue weighted by molar-refractivity contribution is 0.357. The molecule has 2 rings (SSSR count). The summed E-state index contributed by atoms with van der Waals surface area (Å²) in [6.07, 6.45) is 3.89. The molecule has 3 heteroatoms. The number of rotatable bonds is 3. The van der Waals surface area contributed by atoms with Crippen molar-refractivity contribution < 1.29 is 0 Å². The standard InChI is InChI=1S/C14H23N3/c1-3-12-8-7-11(2)17(10-12)14-6-4-5-13(9-15)16-14/h4-6,11-12H,3,7-10,15H2,1-2H3. The average Bonchev–Trinajstić information content (AvgIpc) is 2.39. The predicted octanol–water partition coefficient (Wildman–Crippen LogP) is 2.56. The summed E-state index contributed by atoms with van der Waals surface area (Å²) in [4.78, 5) is 7.08. The van der Waals surface area contributed by atoms with Gasteiger partial charge >= 0.3 is 0 Å². The maximum absolute atomic E-state index is 5.66. The maximum Gasteiger partial charge on any atom is 0.129 e. The van der Waals surface area contributed by atoms with Crippen molar-refractivity contribution in [3.63, 3.8) is 0 Å². The Morgan fingerprint density at radius 3 is 2.94 bits per heavy atom. The third-order valence-corrected chi connectivity index (χ3v) is 3.85. The van der Waals surface area contributed by atoms with E-state index in [1.165, 1.54) is 19.3 Å². The fourth-order valence-electron chi connectivity index (χ4n) is 2.58. The Morgan fingerprint density at radius 2 is 2.24 bits per heavy atom. The van der Waals surface area contributed by atoms with Gasteiger partial charge in [0, 0.05) is 19.1 Å². The van der Waals surface area contributed by atoms with Crippen LogP contribution in [0.2, 0.25) is 0 Å². The molecular formula is C14H23N3. The van der Waals surface area contributed by atoms with Crippen molar-refractivity contribution >= 4 is 5.82 Å². The Morgan fingerprint density at radius 1 is 1.41 bits per heavy atom. The normalized spacial score (nSPS) is 25.0. The summed E-state index contributed by atoms with van der Waals surface area (Å²) in [6, 6.07) is 6.76. The molecule has 0 radical (unpaired) electrons. The number of hydrogen-bond acceptors (Lipinski definition) is 3. The Hall–Kier alpha value is -1.09. The van der Waals surface area contributed by atoms with Crippen LogP contribution in [-0.4, -0.2) is 17.6 Å². The van der Waals surface area contributed by atoms with E-state index in [2.05, 4.69) is 35.9 Å². The van der Waals surface area contributed by atoms with Gasteiger partial charge in [0.15, 0.2) is 0 Å². The summed E-state index contributed by atoms with van der Waals surface area (Å²) < 4.78 is 0. The van der Waals surface area contributed by atoms with Gasteiger partial charge in [0.25, 0.3) is 0 Å². The highest BCUT2D eigenvalue weighted by molar-refractivity contribution is 5.41. The molecule has 1 fully saturated rings. The van der Waals surface area contributed by atoms with Crippen LogP contribution >= 0.6 is 0 Å². The van der Waals surface area contributed by atoms with E-state index in [4.69, 9.17) is 5.73 Å². The van der Waals surface area contributed by atoms with E-state index in [0.29, 0.717) is 12.6 Å². The van der Waals surface area contributed by atoms with Gasteiger partial charge < -0.3 is 10.6 Å².